The predicted molar refractivity (Wildman–Crippen MR) is 94.2 cm³/mol. The van der Waals surface area contributed by atoms with Crippen molar-refractivity contribution >= 4 is 17.5 Å². The predicted octanol–water partition coefficient (Wildman–Crippen LogP) is 2.76. The van der Waals surface area contributed by atoms with E-state index < -0.39 is 5.82 Å². The van der Waals surface area contributed by atoms with Crippen LogP contribution in [0.25, 0.3) is 0 Å². The van der Waals surface area contributed by atoms with E-state index in [-0.39, 0.29) is 29.5 Å². The Hall–Kier alpha value is -2.41. The van der Waals surface area contributed by atoms with Gasteiger partial charge in [0.05, 0.1) is 17.6 Å². The van der Waals surface area contributed by atoms with Crippen LogP contribution in [-0.4, -0.2) is 30.9 Å². The van der Waals surface area contributed by atoms with Crippen molar-refractivity contribution < 1.29 is 14.0 Å². The maximum absolute atomic E-state index is 14.1. The van der Waals surface area contributed by atoms with E-state index in [4.69, 9.17) is 0 Å². The lowest BCUT2D eigenvalue weighted by Crippen LogP contribution is -2.48. The van der Waals surface area contributed by atoms with Crippen LogP contribution in [0.5, 0.6) is 0 Å². The quantitative estimate of drug-likeness (QED) is 0.870. The number of nitrogens with one attached hydrogen (secondary N) is 2. The first-order chi connectivity index (χ1) is 12.6. The lowest BCUT2D eigenvalue weighted by Gasteiger charge is -2.26. The zero-order valence-electron chi connectivity index (χ0n) is 14.4. The molecule has 0 radical (unpaired) electrons. The molecule has 1 atom stereocenters. The van der Waals surface area contributed by atoms with E-state index in [1.807, 2.05) is 0 Å². The number of anilines is 1. The average molecular weight is 356 g/mol. The molecule has 7 heteroatoms. The minimum absolute atomic E-state index is 0.105. The summed E-state index contributed by atoms with van der Waals surface area (Å²) in [6.07, 6.45) is 4.24. The summed E-state index contributed by atoms with van der Waals surface area (Å²) in [6.45, 7) is 1.25. The van der Waals surface area contributed by atoms with E-state index >= 15 is 0 Å². The standard InChI is InChI=1S/C19H21FN4O2/c20-15-6-5-11(8-17(15)22-18(25)12-9-21-10-12)7-16-13-3-1-2-4-14(13)19(26)24-23-16/h5-6,8,12,16,21H,1-4,7,9-10H2,(H,22,25). The van der Waals surface area contributed by atoms with Crippen molar-refractivity contribution in [3.8, 4) is 0 Å². The minimum Gasteiger partial charge on any atom is -0.323 e. The molecule has 1 aliphatic carbocycles. The first kappa shape index (κ1) is 17.0. The van der Waals surface area contributed by atoms with Crippen molar-refractivity contribution in [1.82, 2.24) is 5.32 Å². The Balaban J connectivity index is 1.52. The Labute approximate surface area is 151 Å². The number of rotatable bonds is 4. The number of amides is 2. The summed E-state index contributed by atoms with van der Waals surface area (Å²) in [4.78, 5) is 24.0. The van der Waals surface area contributed by atoms with Crippen molar-refractivity contribution in [2.75, 3.05) is 18.4 Å². The van der Waals surface area contributed by atoms with E-state index in [0.29, 0.717) is 19.5 Å². The van der Waals surface area contributed by atoms with Crippen LogP contribution in [0.2, 0.25) is 0 Å². The van der Waals surface area contributed by atoms with Gasteiger partial charge in [-0.05, 0) is 49.0 Å². The minimum atomic E-state index is -0.451. The van der Waals surface area contributed by atoms with Crippen LogP contribution < -0.4 is 10.6 Å². The zero-order valence-corrected chi connectivity index (χ0v) is 14.4. The second-order valence-corrected chi connectivity index (χ2v) is 7.11. The van der Waals surface area contributed by atoms with E-state index in [1.165, 1.54) is 6.07 Å². The highest BCUT2D eigenvalue weighted by molar-refractivity contribution is 5.95. The molecule has 1 saturated heterocycles. The highest BCUT2D eigenvalue weighted by Gasteiger charge is 2.29. The normalized spacial score (nSPS) is 22.8. The Morgan fingerprint density at radius 1 is 1.27 bits per heavy atom. The van der Waals surface area contributed by atoms with Gasteiger partial charge in [-0.15, -0.1) is 5.11 Å². The number of hydrogen-bond donors (Lipinski definition) is 2. The number of hydrogen-bond acceptors (Lipinski definition) is 4. The fraction of sp³-hybridized carbons (Fsp3) is 0.474. The number of nitrogens with zero attached hydrogens (tertiary/aromatic N) is 2. The van der Waals surface area contributed by atoms with E-state index in [2.05, 4.69) is 20.9 Å². The van der Waals surface area contributed by atoms with Crippen LogP contribution >= 0.6 is 0 Å². The van der Waals surface area contributed by atoms with Crippen molar-refractivity contribution in [2.24, 2.45) is 16.1 Å². The van der Waals surface area contributed by atoms with Gasteiger partial charge >= 0.3 is 0 Å². The molecule has 1 aromatic carbocycles. The first-order valence-electron chi connectivity index (χ1n) is 9.09. The van der Waals surface area contributed by atoms with Crippen LogP contribution in [0.4, 0.5) is 10.1 Å². The molecule has 1 unspecified atom stereocenters. The molecule has 1 fully saturated rings. The molecule has 26 heavy (non-hydrogen) atoms. The van der Waals surface area contributed by atoms with Gasteiger partial charge in [-0.1, -0.05) is 6.07 Å². The molecule has 2 heterocycles. The van der Waals surface area contributed by atoms with Gasteiger partial charge < -0.3 is 10.6 Å². The number of azo groups is 1. The summed E-state index contributed by atoms with van der Waals surface area (Å²) < 4.78 is 14.1. The Kier molecular flexibility index (Phi) is 4.63. The molecule has 2 aliphatic heterocycles. The van der Waals surface area contributed by atoms with Crippen LogP contribution in [0.1, 0.15) is 31.2 Å². The Morgan fingerprint density at radius 3 is 2.85 bits per heavy atom. The Bertz CT molecular complexity index is 814. The fourth-order valence-corrected chi connectivity index (χ4v) is 3.68. The summed E-state index contributed by atoms with van der Waals surface area (Å²) >= 11 is 0. The molecule has 0 spiro atoms. The van der Waals surface area contributed by atoms with Gasteiger partial charge in [-0.3, -0.25) is 9.59 Å². The van der Waals surface area contributed by atoms with Crippen molar-refractivity contribution in [2.45, 2.75) is 38.1 Å². The lowest BCUT2D eigenvalue weighted by atomic mass is 9.84. The first-order valence-corrected chi connectivity index (χ1v) is 9.09. The van der Waals surface area contributed by atoms with Gasteiger partial charge in [0.15, 0.2) is 0 Å². The second kappa shape index (κ2) is 7.07. The summed E-state index contributed by atoms with van der Waals surface area (Å²) in [5.74, 6) is -0.935. The number of carbonyl (C=O) groups is 2. The molecule has 6 nitrogen and oxygen atoms in total. The average Bonchev–Trinajstić information content (AvgIpc) is 2.59. The number of halogens is 1. The lowest BCUT2D eigenvalue weighted by molar-refractivity contribution is -0.121. The maximum Gasteiger partial charge on any atom is 0.291 e. The molecular formula is C19H21FN4O2. The number of carbonyl (C=O) groups excluding carboxylic acids is 2. The monoisotopic (exact) mass is 356 g/mol. The molecule has 4 rings (SSSR count). The molecule has 0 saturated carbocycles. The third kappa shape index (κ3) is 3.31. The number of benzene rings is 1. The summed E-state index contributed by atoms with van der Waals surface area (Å²) in [6, 6.07) is 4.55. The topological polar surface area (TPSA) is 82.9 Å². The molecule has 0 bridgehead atoms. The molecule has 0 aromatic heterocycles. The molecule has 3 aliphatic rings. The van der Waals surface area contributed by atoms with Crippen LogP contribution in [0, 0.1) is 11.7 Å². The van der Waals surface area contributed by atoms with Crippen molar-refractivity contribution in [3.63, 3.8) is 0 Å². The maximum atomic E-state index is 14.1. The van der Waals surface area contributed by atoms with E-state index in [9.17, 15) is 14.0 Å². The highest BCUT2D eigenvalue weighted by atomic mass is 19.1. The zero-order chi connectivity index (χ0) is 18.1. The summed E-state index contributed by atoms with van der Waals surface area (Å²) in [5.41, 5.74) is 2.95. The molecule has 136 valence electrons. The van der Waals surface area contributed by atoms with Crippen LogP contribution in [0.15, 0.2) is 39.6 Å². The largest absolute Gasteiger partial charge is 0.323 e. The fourth-order valence-electron chi connectivity index (χ4n) is 3.68. The second-order valence-electron chi connectivity index (χ2n) is 7.11. The molecule has 2 amide bonds. The van der Waals surface area contributed by atoms with Gasteiger partial charge in [0.2, 0.25) is 5.91 Å². The van der Waals surface area contributed by atoms with Gasteiger partial charge in [-0.2, -0.15) is 5.11 Å². The van der Waals surface area contributed by atoms with Gasteiger partial charge in [-0.25, -0.2) is 4.39 Å². The highest BCUT2D eigenvalue weighted by Crippen LogP contribution is 2.34. The third-order valence-corrected chi connectivity index (χ3v) is 5.33. The van der Waals surface area contributed by atoms with Gasteiger partial charge in [0.1, 0.15) is 5.82 Å². The SMILES string of the molecule is O=C1N=NC(Cc2ccc(F)c(NC(=O)C3CNC3)c2)C2=C1CCCC2. The summed E-state index contributed by atoms with van der Waals surface area (Å²) in [7, 11) is 0. The molecule has 1 aromatic rings. The molecular weight excluding hydrogens is 335 g/mol. The van der Waals surface area contributed by atoms with Crippen molar-refractivity contribution in [3.05, 3.63) is 40.7 Å². The molecule has 2 N–H and O–H groups in total. The van der Waals surface area contributed by atoms with Crippen LogP contribution in [0.3, 0.4) is 0 Å². The van der Waals surface area contributed by atoms with Gasteiger partial charge in [0, 0.05) is 25.1 Å². The van der Waals surface area contributed by atoms with Gasteiger partial charge in [0.25, 0.3) is 5.91 Å². The third-order valence-electron chi connectivity index (χ3n) is 5.33. The van der Waals surface area contributed by atoms with Crippen LogP contribution in [-0.2, 0) is 16.0 Å². The van der Waals surface area contributed by atoms with Crippen molar-refractivity contribution in [1.29, 1.82) is 0 Å². The smallest absolute Gasteiger partial charge is 0.291 e. The Morgan fingerprint density at radius 2 is 2.08 bits per heavy atom. The summed E-state index contributed by atoms with van der Waals surface area (Å²) in [5, 5.41) is 13.7. The van der Waals surface area contributed by atoms with E-state index in [1.54, 1.807) is 12.1 Å². The van der Waals surface area contributed by atoms with E-state index in [0.717, 1.165) is 42.4 Å².